The third kappa shape index (κ3) is 3.40. The number of carbonyl (C=O) groups is 1. The minimum absolute atomic E-state index is 0.164. The van der Waals surface area contributed by atoms with Gasteiger partial charge in [-0.1, -0.05) is 24.3 Å². The monoisotopic (exact) mass is 374 g/mol. The number of para-hydroxylation sites is 1. The number of carbonyl (C=O) groups excluding carboxylic acids is 1. The van der Waals surface area contributed by atoms with Crippen LogP contribution in [-0.2, 0) is 4.79 Å². The van der Waals surface area contributed by atoms with Gasteiger partial charge in [-0.2, -0.15) is 0 Å². The summed E-state index contributed by atoms with van der Waals surface area (Å²) >= 11 is 4.55. The molecule has 0 aromatic heterocycles. The summed E-state index contributed by atoms with van der Waals surface area (Å²) in [5, 5.41) is 12.8. The van der Waals surface area contributed by atoms with Crippen LogP contribution in [0.1, 0.15) is 5.56 Å². The normalized spacial score (nSPS) is 18.0. The highest BCUT2D eigenvalue weighted by atomic mass is 79.9. The highest BCUT2D eigenvalue weighted by molar-refractivity contribution is 9.10. The fraction of sp³-hybridized carbons (Fsp3) is 0. The first-order valence-electron chi connectivity index (χ1n) is 6.45. The zero-order valence-corrected chi connectivity index (χ0v) is 13.7. The molecule has 6 heteroatoms. The SMILES string of the molecule is O=C1NC(=Nc2ccccc2)S/C1=C\c1ccc(O)c(Br)c1. The van der Waals surface area contributed by atoms with Gasteiger partial charge in [0.2, 0.25) is 0 Å². The number of halogens is 1. The molecular formula is C16H11BrN2O2S. The average Bonchev–Trinajstić information content (AvgIpc) is 2.84. The van der Waals surface area contributed by atoms with Crippen molar-refractivity contribution in [3.63, 3.8) is 0 Å². The van der Waals surface area contributed by atoms with E-state index in [2.05, 4.69) is 26.2 Å². The van der Waals surface area contributed by atoms with Crippen LogP contribution in [-0.4, -0.2) is 16.2 Å². The molecule has 2 aromatic carbocycles. The molecule has 2 aromatic rings. The number of phenols is 1. The summed E-state index contributed by atoms with van der Waals surface area (Å²) < 4.78 is 0.587. The van der Waals surface area contributed by atoms with Crippen molar-refractivity contribution >= 4 is 50.5 Å². The first kappa shape index (κ1) is 14.9. The summed E-state index contributed by atoms with van der Waals surface area (Å²) in [6.45, 7) is 0. The molecule has 0 saturated carbocycles. The van der Waals surface area contributed by atoms with Gasteiger partial charge in [0.05, 0.1) is 15.1 Å². The van der Waals surface area contributed by atoms with Crippen LogP contribution in [0.2, 0.25) is 0 Å². The van der Waals surface area contributed by atoms with Crippen molar-refractivity contribution in [3.8, 4) is 5.75 Å². The number of rotatable bonds is 2. The Labute approximate surface area is 140 Å². The van der Waals surface area contributed by atoms with Crippen molar-refractivity contribution in [3.05, 3.63) is 63.5 Å². The smallest absolute Gasteiger partial charge is 0.264 e. The molecule has 3 rings (SSSR count). The third-order valence-corrected chi connectivity index (χ3v) is 4.45. The molecule has 0 radical (unpaired) electrons. The van der Waals surface area contributed by atoms with Crippen molar-refractivity contribution in [2.75, 3.05) is 0 Å². The number of hydrogen-bond donors (Lipinski definition) is 2. The summed E-state index contributed by atoms with van der Waals surface area (Å²) in [5.41, 5.74) is 1.61. The summed E-state index contributed by atoms with van der Waals surface area (Å²) in [4.78, 5) is 16.9. The lowest BCUT2D eigenvalue weighted by atomic mass is 10.2. The predicted octanol–water partition coefficient (Wildman–Crippen LogP) is 4.05. The second kappa shape index (κ2) is 6.37. The van der Waals surface area contributed by atoms with E-state index in [0.29, 0.717) is 14.5 Å². The van der Waals surface area contributed by atoms with Crippen molar-refractivity contribution in [1.29, 1.82) is 0 Å². The van der Waals surface area contributed by atoms with Crippen LogP contribution in [0.5, 0.6) is 5.75 Å². The number of amides is 1. The number of nitrogens with zero attached hydrogens (tertiary/aromatic N) is 1. The van der Waals surface area contributed by atoms with Gasteiger partial charge in [0, 0.05) is 0 Å². The van der Waals surface area contributed by atoms with E-state index in [-0.39, 0.29) is 11.7 Å². The molecule has 110 valence electrons. The molecule has 1 fully saturated rings. The molecule has 1 aliphatic rings. The summed E-state index contributed by atoms with van der Waals surface area (Å²) in [7, 11) is 0. The standard InChI is InChI=1S/C16H11BrN2O2S/c17-12-8-10(6-7-13(12)20)9-14-15(21)19-16(22-14)18-11-4-2-1-3-5-11/h1-9,20H,(H,18,19,21)/b14-9-. The number of nitrogens with one attached hydrogen (secondary N) is 1. The lowest BCUT2D eigenvalue weighted by molar-refractivity contribution is -0.115. The Morgan fingerprint density at radius 3 is 2.68 bits per heavy atom. The van der Waals surface area contributed by atoms with Crippen LogP contribution >= 0.6 is 27.7 Å². The number of amidine groups is 1. The minimum atomic E-state index is -0.177. The molecule has 22 heavy (non-hydrogen) atoms. The number of hydrogen-bond acceptors (Lipinski definition) is 4. The van der Waals surface area contributed by atoms with Crippen LogP contribution in [0.15, 0.2) is 62.9 Å². The van der Waals surface area contributed by atoms with Crippen LogP contribution in [0.4, 0.5) is 5.69 Å². The van der Waals surface area contributed by atoms with Gasteiger partial charge in [0.25, 0.3) is 5.91 Å². The molecule has 0 bridgehead atoms. The van der Waals surface area contributed by atoms with Gasteiger partial charge in [0.15, 0.2) is 5.17 Å². The number of aromatic hydroxyl groups is 1. The molecule has 0 spiro atoms. The predicted molar refractivity (Wildman–Crippen MR) is 93.1 cm³/mol. The largest absolute Gasteiger partial charge is 0.507 e. The average molecular weight is 375 g/mol. The summed E-state index contributed by atoms with van der Waals surface area (Å²) in [6.07, 6.45) is 1.76. The zero-order chi connectivity index (χ0) is 15.5. The van der Waals surface area contributed by atoms with E-state index in [0.717, 1.165) is 11.3 Å². The molecule has 0 atom stereocenters. The Morgan fingerprint density at radius 1 is 1.18 bits per heavy atom. The van der Waals surface area contributed by atoms with Gasteiger partial charge in [-0.25, -0.2) is 4.99 Å². The van der Waals surface area contributed by atoms with Crippen molar-refractivity contribution in [2.45, 2.75) is 0 Å². The second-order valence-corrected chi connectivity index (χ2v) is 6.41. The van der Waals surface area contributed by atoms with Crippen molar-refractivity contribution < 1.29 is 9.90 Å². The quantitative estimate of drug-likeness (QED) is 0.779. The first-order valence-corrected chi connectivity index (χ1v) is 8.06. The van der Waals surface area contributed by atoms with Crippen LogP contribution < -0.4 is 5.32 Å². The summed E-state index contributed by atoms with van der Waals surface area (Å²) in [5.74, 6) is -0.0131. The lowest BCUT2D eigenvalue weighted by Crippen LogP contribution is -2.19. The molecule has 1 amide bonds. The van der Waals surface area contributed by atoms with E-state index < -0.39 is 0 Å². The highest BCUT2D eigenvalue weighted by Gasteiger charge is 2.23. The van der Waals surface area contributed by atoms with Crippen molar-refractivity contribution in [2.24, 2.45) is 4.99 Å². The van der Waals surface area contributed by atoms with E-state index in [1.54, 1.807) is 24.3 Å². The Hall–Kier alpha value is -2.05. The zero-order valence-electron chi connectivity index (χ0n) is 11.3. The van der Waals surface area contributed by atoms with Gasteiger partial charge in [-0.15, -0.1) is 0 Å². The fourth-order valence-corrected chi connectivity index (χ4v) is 3.10. The van der Waals surface area contributed by atoms with E-state index >= 15 is 0 Å². The van der Waals surface area contributed by atoms with Gasteiger partial charge in [-0.3, -0.25) is 4.79 Å². The molecule has 0 aliphatic carbocycles. The summed E-state index contributed by atoms with van der Waals surface area (Å²) in [6, 6.07) is 14.5. The minimum Gasteiger partial charge on any atom is -0.507 e. The van der Waals surface area contributed by atoms with Gasteiger partial charge in [0.1, 0.15) is 5.75 Å². The molecule has 1 aliphatic heterocycles. The third-order valence-electron chi connectivity index (χ3n) is 2.91. The van der Waals surface area contributed by atoms with E-state index in [9.17, 15) is 9.90 Å². The van der Waals surface area contributed by atoms with Crippen molar-refractivity contribution in [1.82, 2.24) is 5.32 Å². The molecule has 1 heterocycles. The molecule has 0 unspecified atom stereocenters. The maximum absolute atomic E-state index is 12.0. The lowest BCUT2D eigenvalue weighted by Gasteiger charge is -1.99. The number of phenolic OH excluding ortho intramolecular Hbond substituents is 1. The van der Waals surface area contributed by atoms with E-state index in [4.69, 9.17) is 0 Å². The van der Waals surface area contributed by atoms with E-state index in [1.807, 2.05) is 30.3 Å². The first-order chi connectivity index (χ1) is 10.6. The van der Waals surface area contributed by atoms with Crippen LogP contribution in [0, 0.1) is 0 Å². The molecule has 4 nitrogen and oxygen atoms in total. The Morgan fingerprint density at radius 2 is 1.95 bits per heavy atom. The van der Waals surface area contributed by atoms with Gasteiger partial charge < -0.3 is 10.4 Å². The maximum Gasteiger partial charge on any atom is 0.264 e. The topological polar surface area (TPSA) is 61.7 Å². The number of thioether (sulfide) groups is 1. The van der Waals surface area contributed by atoms with Gasteiger partial charge >= 0.3 is 0 Å². The maximum atomic E-state index is 12.0. The van der Waals surface area contributed by atoms with Crippen LogP contribution in [0.3, 0.4) is 0 Å². The second-order valence-electron chi connectivity index (χ2n) is 4.53. The number of benzene rings is 2. The Kier molecular flexibility index (Phi) is 4.31. The Balaban J connectivity index is 1.84. The van der Waals surface area contributed by atoms with Gasteiger partial charge in [-0.05, 0) is 63.6 Å². The fourth-order valence-electron chi connectivity index (χ4n) is 1.86. The Bertz CT molecular complexity index is 788. The molecular weight excluding hydrogens is 364 g/mol. The number of aliphatic imine (C=N–C) groups is 1. The molecule has 1 saturated heterocycles. The van der Waals surface area contributed by atoms with Crippen LogP contribution in [0.25, 0.3) is 6.08 Å². The highest BCUT2D eigenvalue weighted by Crippen LogP contribution is 2.30. The molecule has 2 N–H and O–H groups in total. The van der Waals surface area contributed by atoms with E-state index in [1.165, 1.54) is 11.8 Å².